The molecule has 3 heterocycles. The van der Waals surface area contributed by atoms with E-state index in [4.69, 9.17) is 23.8 Å². The maximum absolute atomic E-state index is 6.31. The smallest absolute Gasteiger partial charge is 0.164 e. The minimum atomic E-state index is 0.595. The van der Waals surface area contributed by atoms with Gasteiger partial charge in [-0.3, -0.25) is 0 Å². The lowest BCUT2D eigenvalue weighted by atomic mass is 9.92. The van der Waals surface area contributed by atoms with Crippen LogP contribution in [0.25, 0.3) is 133 Å². The second kappa shape index (κ2) is 13.6. The second-order valence-corrected chi connectivity index (χ2v) is 15.9. The molecule has 0 aliphatic rings. The van der Waals surface area contributed by atoms with E-state index in [2.05, 4.69) is 170 Å². The number of para-hydroxylation sites is 2. The van der Waals surface area contributed by atoms with Gasteiger partial charge < -0.3 is 8.83 Å². The van der Waals surface area contributed by atoms with Crippen molar-refractivity contribution in [3.63, 3.8) is 0 Å². The Balaban J connectivity index is 0.993. The molecule has 0 bridgehead atoms. The van der Waals surface area contributed by atoms with Crippen LogP contribution in [0.3, 0.4) is 0 Å². The summed E-state index contributed by atoms with van der Waals surface area (Å²) in [5.74, 6) is 1.80. The van der Waals surface area contributed by atoms with Crippen molar-refractivity contribution < 1.29 is 8.83 Å². The van der Waals surface area contributed by atoms with Crippen LogP contribution in [0.4, 0.5) is 0 Å². The van der Waals surface area contributed by atoms with E-state index in [9.17, 15) is 0 Å². The van der Waals surface area contributed by atoms with Crippen LogP contribution < -0.4 is 0 Å². The first-order valence-corrected chi connectivity index (χ1v) is 20.8. The molecule has 0 saturated heterocycles. The Morgan fingerprint density at radius 1 is 0.258 bits per heavy atom. The van der Waals surface area contributed by atoms with E-state index in [0.717, 1.165) is 98.8 Å². The summed E-state index contributed by atoms with van der Waals surface area (Å²) in [4.78, 5) is 15.7. The summed E-state index contributed by atoms with van der Waals surface area (Å²) in [6.07, 6.45) is 0. The number of furan rings is 2. The zero-order chi connectivity index (χ0) is 40.7. The van der Waals surface area contributed by atoms with Crippen LogP contribution in [0, 0.1) is 0 Å². The fourth-order valence-electron chi connectivity index (χ4n) is 9.37. The van der Waals surface area contributed by atoms with Crippen LogP contribution in [0.5, 0.6) is 0 Å². The largest absolute Gasteiger partial charge is 0.456 e. The van der Waals surface area contributed by atoms with Crippen LogP contribution in [0.2, 0.25) is 0 Å². The third-order valence-electron chi connectivity index (χ3n) is 12.3. The molecule has 0 amide bonds. The monoisotopic (exact) mass is 791 g/mol. The highest BCUT2D eigenvalue weighted by Gasteiger charge is 2.19. The number of benzene rings is 10. The third-order valence-corrected chi connectivity index (χ3v) is 12.3. The van der Waals surface area contributed by atoms with Crippen molar-refractivity contribution in [2.45, 2.75) is 0 Å². The summed E-state index contributed by atoms with van der Waals surface area (Å²) in [6, 6.07) is 69.9. The maximum atomic E-state index is 6.31. The predicted octanol–water partition coefficient (Wildman–Crippen LogP) is 15.5. The van der Waals surface area contributed by atoms with Gasteiger partial charge in [-0.25, -0.2) is 15.0 Å². The van der Waals surface area contributed by atoms with Crippen LogP contribution >= 0.6 is 0 Å². The minimum Gasteiger partial charge on any atom is -0.456 e. The molecular formula is C57H33N3O2. The Kier molecular flexibility index (Phi) is 7.54. The summed E-state index contributed by atoms with van der Waals surface area (Å²) in [5.41, 5.74) is 10.8. The van der Waals surface area contributed by atoms with Gasteiger partial charge in [0.15, 0.2) is 17.5 Å². The Morgan fingerprint density at radius 2 is 0.823 bits per heavy atom. The molecule has 0 spiro atoms. The molecule has 13 rings (SSSR count). The Hall–Kier alpha value is -8.41. The Labute approximate surface area is 355 Å². The van der Waals surface area contributed by atoms with Gasteiger partial charge in [-0.05, 0) is 97.0 Å². The van der Waals surface area contributed by atoms with Crippen molar-refractivity contribution in [2.24, 2.45) is 0 Å². The van der Waals surface area contributed by atoms with Gasteiger partial charge in [-0.15, -0.1) is 0 Å². The van der Waals surface area contributed by atoms with E-state index in [1.165, 1.54) is 16.3 Å². The number of rotatable bonds is 5. The molecule has 0 atom stereocenters. The van der Waals surface area contributed by atoms with E-state index < -0.39 is 0 Å². The molecule has 0 aliphatic carbocycles. The van der Waals surface area contributed by atoms with Gasteiger partial charge in [0, 0.05) is 38.2 Å². The molecule has 0 saturated carbocycles. The van der Waals surface area contributed by atoms with Crippen molar-refractivity contribution in [1.29, 1.82) is 0 Å². The molecule has 13 aromatic rings. The number of hydrogen-bond donors (Lipinski definition) is 0. The van der Waals surface area contributed by atoms with Gasteiger partial charge in [-0.1, -0.05) is 158 Å². The summed E-state index contributed by atoms with van der Waals surface area (Å²) >= 11 is 0. The second-order valence-electron chi connectivity index (χ2n) is 15.9. The predicted molar refractivity (Wildman–Crippen MR) is 254 cm³/mol. The van der Waals surface area contributed by atoms with Crippen molar-refractivity contribution >= 4 is 76.2 Å². The summed E-state index contributed by atoms with van der Waals surface area (Å²) < 4.78 is 12.6. The first-order valence-electron chi connectivity index (χ1n) is 20.8. The third kappa shape index (κ3) is 5.45. The standard InChI is InChI=1S/C57H33N3O2/c1-2-13-40-34(11-1)12-9-18-41(40)35-23-25-36(26-24-35)55-58-56(38-28-27-37-32-49-45-16-5-7-20-50(45)62-53(49)33-39(37)31-38)60-57(59-55)47-30-29-44(42-14-3-4-15-43(42)47)46-19-10-22-52-54(46)48-17-6-8-21-51(48)61-52/h1-33H. The average Bonchev–Trinajstić information content (AvgIpc) is 3.90. The topological polar surface area (TPSA) is 65.0 Å². The quantitative estimate of drug-likeness (QED) is 0.174. The highest BCUT2D eigenvalue weighted by atomic mass is 16.3. The molecule has 62 heavy (non-hydrogen) atoms. The van der Waals surface area contributed by atoms with E-state index >= 15 is 0 Å². The molecule has 288 valence electrons. The summed E-state index contributed by atoms with van der Waals surface area (Å²) in [6.45, 7) is 0. The molecule has 0 N–H and O–H groups in total. The number of hydrogen-bond acceptors (Lipinski definition) is 5. The summed E-state index contributed by atoms with van der Waals surface area (Å²) in [5, 5.41) is 11.2. The minimum absolute atomic E-state index is 0.595. The number of fused-ring (bicyclic) bond motifs is 9. The molecule has 0 aliphatic heterocycles. The van der Waals surface area contributed by atoms with Crippen LogP contribution in [0.1, 0.15) is 0 Å². The molecule has 0 unspecified atom stereocenters. The van der Waals surface area contributed by atoms with Gasteiger partial charge in [0.1, 0.15) is 22.3 Å². The molecule has 0 radical (unpaired) electrons. The number of aromatic nitrogens is 3. The lowest BCUT2D eigenvalue weighted by Gasteiger charge is -2.14. The van der Waals surface area contributed by atoms with Gasteiger partial charge in [0.05, 0.1) is 0 Å². The molecule has 5 heteroatoms. The van der Waals surface area contributed by atoms with Gasteiger partial charge >= 0.3 is 0 Å². The SMILES string of the molecule is c1ccc2c(-c3ccc(-c4nc(-c5ccc6cc7c(cc6c5)oc5ccccc57)nc(-c5ccc(-c6cccc7oc8ccccc8c67)c6ccccc56)n4)cc3)cccc2c1. The fourth-order valence-corrected chi connectivity index (χ4v) is 9.37. The maximum Gasteiger partial charge on any atom is 0.164 e. The Morgan fingerprint density at radius 3 is 1.66 bits per heavy atom. The van der Waals surface area contributed by atoms with Crippen LogP contribution in [0.15, 0.2) is 209 Å². The van der Waals surface area contributed by atoms with Gasteiger partial charge in [0.25, 0.3) is 0 Å². The lowest BCUT2D eigenvalue weighted by Crippen LogP contribution is -2.01. The van der Waals surface area contributed by atoms with Crippen molar-refractivity contribution in [1.82, 2.24) is 15.0 Å². The first kappa shape index (κ1) is 34.5. The number of nitrogens with zero attached hydrogens (tertiary/aromatic N) is 3. The zero-order valence-corrected chi connectivity index (χ0v) is 33.2. The molecular weight excluding hydrogens is 759 g/mol. The fraction of sp³-hybridized carbons (Fsp3) is 0. The molecule has 10 aromatic carbocycles. The normalized spacial score (nSPS) is 11.9. The van der Waals surface area contributed by atoms with Crippen molar-refractivity contribution in [3.8, 4) is 56.4 Å². The van der Waals surface area contributed by atoms with Crippen molar-refractivity contribution in [3.05, 3.63) is 200 Å². The molecule has 3 aromatic heterocycles. The van der Waals surface area contributed by atoms with E-state index in [1.54, 1.807) is 0 Å². The van der Waals surface area contributed by atoms with E-state index in [-0.39, 0.29) is 0 Å². The molecule has 5 nitrogen and oxygen atoms in total. The van der Waals surface area contributed by atoms with Crippen molar-refractivity contribution in [2.75, 3.05) is 0 Å². The highest BCUT2D eigenvalue weighted by molar-refractivity contribution is 6.16. The lowest BCUT2D eigenvalue weighted by molar-refractivity contribution is 0.669. The van der Waals surface area contributed by atoms with Gasteiger partial charge in [0.2, 0.25) is 0 Å². The van der Waals surface area contributed by atoms with Gasteiger partial charge in [-0.2, -0.15) is 0 Å². The van der Waals surface area contributed by atoms with Crippen LogP contribution in [-0.2, 0) is 0 Å². The van der Waals surface area contributed by atoms with Crippen LogP contribution in [-0.4, -0.2) is 15.0 Å². The van der Waals surface area contributed by atoms with E-state index in [1.807, 2.05) is 30.3 Å². The average molecular weight is 792 g/mol. The molecule has 0 fully saturated rings. The Bertz CT molecular complexity index is 3930. The summed E-state index contributed by atoms with van der Waals surface area (Å²) in [7, 11) is 0. The first-order chi connectivity index (χ1) is 30.7. The van der Waals surface area contributed by atoms with E-state index in [0.29, 0.717) is 17.5 Å². The highest BCUT2D eigenvalue weighted by Crippen LogP contribution is 2.42. The zero-order valence-electron chi connectivity index (χ0n) is 33.2.